The minimum Gasteiger partial charge on any atom is -2.00 e. The van der Waals surface area contributed by atoms with Gasteiger partial charge in [0.1, 0.15) is 0 Å². The topological polar surface area (TPSA) is 126 Å². The molecule has 90 valence electrons. The Morgan fingerprint density at radius 2 is 0.867 bits per heavy atom. The molecule has 0 amide bonds. The summed E-state index contributed by atoms with van der Waals surface area (Å²) < 4.78 is 0. The van der Waals surface area contributed by atoms with Crippen molar-refractivity contribution in [3.63, 3.8) is 0 Å². The maximum absolute atomic E-state index is 8.07. The summed E-state index contributed by atoms with van der Waals surface area (Å²) in [5.41, 5.74) is 0. The minimum atomic E-state index is 0. The van der Waals surface area contributed by atoms with Crippen molar-refractivity contribution in [2.75, 3.05) is 13.2 Å². The second-order valence-corrected chi connectivity index (χ2v) is 2.15. The van der Waals surface area contributed by atoms with E-state index in [0.29, 0.717) is 13.2 Å². The molecule has 15 heavy (non-hydrogen) atoms. The van der Waals surface area contributed by atoms with Crippen LogP contribution in [0.5, 0.6) is 0 Å². The van der Waals surface area contributed by atoms with Gasteiger partial charge >= 0.3 is 43.4 Å². The second-order valence-electron chi connectivity index (χ2n) is 2.15. The van der Waals surface area contributed by atoms with Gasteiger partial charge in [-0.25, -0.2) is 0 Å². The summed E-state index contributed by atoms with van der Waals surface area (Å²) >= 11 is 0. The van der Waals surface area contributed by atoms with Crippen molar-refractivity contribution in [3.8, 4) is 0 Å². The number of aliphatic hydroxyl groups is 2. The van der Waals surface area contributed by atoms with Gasteiger partial charge in [-0.05, 0) is 12.8 Å². The van der Waals surface area contributed by atoms with Gasteiger partial charge in [0.15, 0.2) is 0 Å². The monoisotopic (exact) mass is 292 g/mol. The molecule has 5 nitrogen and oxygen atoms in total. The summed E-state index contributed by atoms with van der Waals surface area (Å²) in [6, 6.07) is 0. The molecule has 0 fully saturated rings. The number of aliphatic hydroxyl groups excluding tert-OH is 2. The summed E-state index contributed by atoms with van der Waals surface area (Å²) in [5, 5.41) is 16.1. The van der Waals surface area contributed by atoms with Crippen LogP contribution in [0.3, 0.4) is 0 Å². The van der Waals surface area contributed by atoms with E-state index < -0.39 is 0 Å². The third-order valence-corrected chi connectivity index (χ3v) is 1.02. The van der Waals surface area contributed by atoms with Gasteiger partial charge in [0.25, 0.3) is 0 Å². The molecule has 0 unspecified atom stereocenters. The van der Waals surface area contributed by atoms with Gasteiger partial charge in [-0.2, -0.15) is 0 Å². The van der Waals surface area contributed by atoms with Crippen LogP contribution < -0.4 is 0 Å². The zero-order valence-electron chi connectivity index (χ0n) is 9.36. The van der Waals surface area contributed by atoms with Gasteiger partial charge in [0, 0.05) is 13.2 Å². The molecule has 0 heterocycles. The molecule has 0 rings (SSSR count). The van der Waals surface area contributed by atoms with E-state index in [-0.39, 0.29) is 59.9 Å². The molecule has 0 spiro atoms. The Bertz CT molecular complexity index is 42.0. The molecule has 7 heteroatoms. The van der Waals surface area contributed by atoms with Gasteiger partial charge in [-0.3, -0.25) is 0 Å². The predicted octanol–water partition coefficient (Wildman–Crippen LogP) is 1.20. The number of unbranched alkanes of at least 4 members (excludes halogenated alkanes) is 2. The summed E-state index contributed by atoms with van der Waals surface area (Å²) in [5.74, 6) is 0. The number of hydrogen-bond acceptors (Lipinski definition) is 2. The van der Waals surface area contributed by atoms with Crippen molar-refractivity contribution < 1.29 is 70.1 Å². The zero-order valence-corrected chi connectivity index (χ0v) is 12.5. The number of hydrogen-bond donors (Lipinski definition) is 2. The van der Waals surface area contributed by atoms with Crippen molar-refractivity contribution in [2.45, 2.75) is 39.5 Å². The largest absolute Gasteiger partial charge is 3.00 e. The average Bonchev–Trinajstić information content (AvgIpc) is 1.93. The summed E-state index contributed by atoms with van der Waals surface area (Å²) in [6.07, 6.45) is 4.08. The van der Waals surface area contributed by atoms with E-state index >= 15 is 0 Å². The van der Waals surface area contributed by atoms with E-state index in [1.54, 1.807) is 0 Å². The average molecular weight is 292 g/mol. The van der Waals surface area contributed by atoms with Crippen LogP contribution in [0, 0.1) is 0 Å². The van der Waals surface area contributed by atoms with Crippen molar-refractivity contribution in [2.24, 2.45) is 0 Å². The van der Waals surface area contributed by atoms with E-state index in [1.165, 1.54) is 0 Å². The third-order valence-electron chi connectivity index (χ3n) is 1.02. The van der Waals surface area contributed by atoms with Gasteiger partial charge in [-0.15, -0.1) is 0 Å². The molecule has 0 atom stereocenters. The molecule has 0 aromatic rings. The third kappa shape index (κ3) is 97.5. The zero-order chi connectivity index (χ0) is 8.24. The maximum atomic E-state index is 8.07. The molecule has 0 aliphatic carbocycles. The van der Waals surface area contributed by atoms with Crippen LogP contribution in [-0.2, 0) is 59.9 Å². The maximum Gasteiger partial charge on any atom is 3.00 e. The molecule has 0 bridgehead atoms. The Morgan fingerprint density at radius 3 is 0.867 bits per heavy atom. The van der Waals surface area contributed by atoms with Crippen LogP contribution >= 0.6 is 0 Å². The first kappa shape index (κ1) is 44.2. The summed E-state index contributed by atoms with van der Waals surface area (Å²) in [4.78, 5) is 0. The fourth-order valence-electron chi connectivity index (χ4n) is 0.316. The van der Waals surface area contributed by atoms with Crippen LogP contribution in [-0.4, -0.2) is 23.4 Å². The predicted molar refractivity (Wildman–Crippen MR) is 46.0 cm³/mol. The Morgan fingerprint density at radius 1 is 0.667 bits per heavy atom. The number of rotatable bonds is 4. The molecular weight excluding hydrogens is 272 g/mol. The van der Waals surface area contributed by atoms with E-state index in [9.17, 15) is 0 Å². The second kappa shape index (κ2) is 59.0. The first-order valence-corrected chi connectivity index (χ1v) is 4.05. The van der Waals surface area contributed by atoms with E-state index in [4.69, 9.17) is 10.2 Å². The Hall–Kier alpha value is 1.23. The van der Waals surface area contributed by atoms with Gasteiger partial charge in [0.05, 0.1) is 0 Å². The van der Waals surface area contributed by atoms with Crippen molar-refractivity contribution in [1.82, 2.24) is 0 Å². The van der Waals surface area contributed by atoms with Crippen molar-refractivity contribution >= 4 is 0 Å². The molecule has 2 N–H and O–H groups in total. The van der Waals surface area contributed by atoms with Crippen LogP contribution in [0.4, 0.5) is 0 Å². The summed E-state index contributed by atoms with van der Waals surface area (Å²) in [6.45, 7) is 4.79. The van der Waals surface area contributed by atoms with Gasteiger partial charge in [0.2, 0.25) is 0 Å². The van der Waals surface area contributed by atoms with E-state index in [0.717, 1.165) is 25.7 Å². The fourth-order valence-corrected chi connectivity index (χ4v) is 0.316. The smallest absolute Gasteiger partial charge is 2.00 e. The molecular formula is C8H20O5Ti2. The van der Waals surface area contributed by atoms with E-state index in [1.807, 2.05) is 0 Å². The molecule has 0 aromatic heterocycles. The van der Waals surface area contributed by atoms with Crippen LogP contribution in [0.2, 0.25) is 0 Å². The quantitative estimate of drug-likeness (QED) is 0.755. The van der Waals surface area contributed by atoms with Crippen molar-refractivity contribution in [1.29, 1.82) is 0 Å². The van der Waals surface area contributed by atoms with Gasteiger partial charge in [-0.1, -0.05) is 26.7 Å². The standard InChI is InChI=1S/2C4H10O.3O.2Ti/c2*1-2-3-4-5;;;;;/h2*5H,2-4H2,1H3;;;;;/q;;3*-2;2*+3. The van der Waals surface area contributed by atoms with Crippen LogP contribution in [0.1, 0.15) is 39.5 Å². The first-order chi connectivity index (χ1) is 4.83. The molecule has 2 radical (unpaired) electrons. The molecule has 0 aromatic carbocycles. The van der Waals surface area contributed by atoms with E-state index in [2.05, 4.69) is 13.8 Å². The fraction of sp³-hybridized carbons (Fsp3) is 1.00. The minimum absolute atomic E-state index is 0. The molecule has 0 saturated carbocycles. The van der Waals surface area contributed by atoms with Gasteiger partial charge < -0.3 is 26.6 Å². The first-order valence-electron chi connectivity index (χ1n) is 4.05. The Labute approximate surface area is 122 Å². The van der Waals surface area contributed by atoms with Crippen LogP contribution in [0.25, 0.3) is 0 Å². The summed E-state index contributed by atoms with van der Waals surface area (Å²) in [7, 11) is 0. The Balaban J connectivity index is -0.0000000128. The van der Waals surface area contributed by atoms with Crippen LogP contribution in [0.15, 0.2) is 0 Å². The Kier molecular flexibility index (Phi) is 174. The molecule has 0 aliphatic heterocycles. The van der Waals surface area contributed by atoms with Crippen molar-refractivity contribution in [3.05, 3.63) is 0 Å². The molecule has 0 saturated heterocycles. The molecule has 0 aliphatic rings. The SMILES string of the molecule is CCCCO.CCCCO.[O-2].[O-2].[O-2].[Ti+3].[Ti+3]. The normalized spacial score (nSPS) is 5.60.